The average molecular weight is 326 g/mol. The van der Waals surface area contributed by atoms with E-state index in [4.69, 9.17) is 9.26 Å². The van der Waals surface area contributed by atoms with Gasteiger partial charge >= 0.3 is 12.6 Å². The van der Waals surface area contributed by atoms with Crippen molar-refractivity contribution in [2.75, 3.05) is 0 Å². The molecule has 6 nitrogen and oxygen atoms in total. The van der Waals surface area contributed by atoms with Crippen LogP contribution in [0.3, 0.4) is 0 Å². The highest BCUT2D eigenvalue weighted by Gasteiger charge is 2.18. The summed E-state index contributed by atoms with van der Waals surface area (Å²) < 4.78 is 38.9. The van der Waals surface area contributed by atoms with Gasteiger partial charge in [0, 0.05) is 6.42 Å². The van der Waals surface area contributed by atoms with Crippen molar-refractivity contribution in [3.05, 3.63) is 41.5 Å². The van der Waals surface area contributed by atoms with Gasteiger partial charge in [0.25, 0.3) is 5.89 Å². The van der Waals surface area contributed by atoms with E-state index in [9.17, 15) is 13.6 Å². The summed E-state index contributed by atoms with van der Waals surface area (Å²) in [7, 11) is 0. The number of para-hydroxylation sites is 1. The van der Waals surface area contributed by atoms with Crippen molar-refractivity contribution in [3.63, 3.8) is 0 Å². The normalized spacial score (nSPS) is 11.0. The summed E-state index contributed by atoms with van der Waals surface area (Å²) in [4.78, 5) is 16.0. The predicted molar refractivity (Wildman–Crippen MR) is 75.0 cm³/mol. The van der Waals surface area contributed by atoms with E-state index < -0.39 is 12.6 Å². The number of carbonyl (C=O) groups excluding carboxylic acids is 1. The molecule has 0 radical (unpaired) electrons. The van der Waals surface area contributed by atoms with Crippen LogP contribution in [-0.4, -0.2) is 22.7 Å². The fourth-order valence-corrected chi connectivity index (χ4v) is 1.84. The van der Waals surface area contributed by atoms with Crippen molar-refractivity contribution in [2.24, 2.45) is 5.92 Å². The predicted octanol–water partition coefficient (Wildman–Crippen LogP) is 3.23. The van der Waals surface area contributed by atoms with Crippen molar-refractivity contribution in [1.29, 1.82) is 0 Å². The highest BCUT2D eigenvalue weighted by atomic mass is 19.3. The first-order valence-corrected chi connectivity index (χ1v) is 6.98. The maximum absolute atomic E-state index is 12.3. The van der Waals surface area contributed by atoms with Crippen LogP contribution in [0.4, 0.5) is 8.78 Å². The fourth-order valence-electron chi connectivity index (χ4n) is 1.84. The van der Waals surface area contributed by atoms with Gasteiger partial charge in [-0.1, -0.05) is 31.1 Å². The Morgan fingerprint density at radius 3 is 2.74 bits per heavy atom. The maximum Gasteiger partial charge on any atom is 0.387 e. The molecule has 0 N–H and O–H groups in total. The molecule has 0 saturated heterocycles. The van der Waals surface area contributed by atoms with Gasteiger partial charge in [-0.25, -0.2) is 4.79 Å². The van der Waals surface area contributed by atoms with Crippen LogP contribution in [0, 0.1) is 5.92 Å². The minimum Gasteiger partial charge on any atom is -0.452 e. The van der Waals surface area contributed by atoms with Crippen LogP contribution >= 0.6 is 0 Å². The number of rotatable bonds is 7. The summed E-state index contributed by atoms with van der Waals surface area (Å²) in [6.07, 6.45) is 0.641. The Balaban J connectivity index is 1.98. The van der Waals surface area contributed by atoms with Gasteiger partial charge in [0.15, 0.2) is 12.4 Å². The minimum absolute atomic E-state index is 0.102. The molecule has 1 aromatic heterocycles. The highest BCUT2D eigenvalue weighted by molar-refractivity contribution is 5.92. The molecule has 0 fully saturated rings. The van der Waals surface area contributed by atoms with Crippen molar-refractivity contribution >= 4 is 5.97 Å². The van der Waals surface area contributed by atoms with Crippen LogP contribution in [0.2, 0.25) is 0 Å². The topological polar surface area (TPSA) is 74.5 Å². The van der Waals surface area contributed by atoms with Crippen molar-refractivity contribution in [3.8, 4) is 5.75 Å². The zero-order valence-corrected chi connectivity index (χ0v) is 12.7. The van der Waals surface area contributed by atoms with Gasteiger partial charge in [-0.2, -0.15) is 13.8 Å². The second kappa shape index (κ2) is 7.66. The summed E-state index contributed by atoms with van der Waals surface area (Å²) in [6.45, 7) is 0.748. The third kappa shape index (κ3) is 5.01. The smallest absolute Gasteiger partial charge is 0.387 e. The first-order chi connectivity index (χ1) is 11.0. The maximum atomic E-state index is 12.3. The molecule has 0 aliphatic rings. The summed E-state index contributed by atoms with van der Waals surface area (Å²) in [6, 6.07) is 5.58. The molecular weight excluding hydrogens is 310 g/mol. The number of benzene rings is 1. The summed E-state index contributed by atoms with van der Waals surface area (Å²) in [5.74, 6) is -0.0431. The molecule has 0 spiro atoms. The summed E-state index contributed by atoms with van der Waals surface area (Å²) in [5.41, 5.74) is -0.102. The third-order valence-corrected chi connectivity index (χ3v) is 2.75. The number of esters is 1. The monoisotopic (exact) mass is 326 g/mol. The number of halogens is 2. The van der Waals surface area contributed by atoms with Gasteiger partial charge in [-0.15, -0.1) is 0 Å². The van der Waals surface area contributed by atoms with E-state index >= 15 is 0 Å². The quantitative estimate of drug-likeness (QED) is 0.727. The molecule has 124 valence electrons. The molecule has 0 atom stereocenters. The van der Waals surface area contributed by atoms with Crippen LogP contribution < -0.4 is 4.74 Å². The molecule has 23 heavy (non-hydrogen) atoms. The number of hydrogen-bond donors (Lipinski definition) is 0. The Bertz CT molecular complexity index is 658. The lowest BCUT2D eigenvalue weighted by Crippen LogP contribution is -2.10. The van der Waals surface area contributed by atoms with Gasteiger partial charge in [0.2, 0.25) is 0 Å². The van der Waals surface area contributed by atoms with Gasteiger partial charge in [0.1, 0.15) is 11.3 Å². The number of ether oxygens (including phenoxy) is 2. The van der Waals surface area contributed by atoms with Crippen LogP contribution in [0.25, 0.3) is 0 Å². The van der Waals surface area contributed by atoms with E-state index in [0.717, 1.165) is 0 Å². The Hall–Kier alpha value is -2.51. The van der Waals surface area contributed by atoms with E-state index in [2.05, 4.69) is 14.9 Å². The minimum atomic E-state index is -3.03. The first-order valence-electron chi connectivity index (χ1n) is 6.98. The largest absolute Gasteiger partial charge is 0.452 e. The standard InChI is InChI=1S/C15H16F2N2O4/c1-9(2)7-12-18-13(23-19-12)8-21-14(20)10-5-3-4-6-11(10)22-15(16)17/h3-6,9,15H,7-8H2,1-2H3. The second-order valence-corrected chi connectivity index (χ2v) is 5.15. The zero-order chi connectivity index (χ0) is 16.8. The number of carbonyl (C=O) groups is 1. The number of hydrogen-bond acceptors (Lipinski definition) is 6. The lowest BCUT2D eigenvalue weighted by Gasteiger charge is -2.09. The molecule has 0 aliphatic heterocycles. The Morgan fingerprint density at radius 2 is 2.04 bits per heavy atom. The van der Waals surface area contributed by atoms with Crippen LogP contribution in [0.1, 0.15) is 35.9 Å². The Kier molecular flexibility index (Phi) is 5.61. The first kappa shape index (κ1) is 16.9. The Morgan fingerprint density at radius 1 is 1.30 bits per heavy atom. The molecule has 8 heteroatoms. The Labute approximate surface area is 131 Å². The molecule has 2 rings (SSSR count). The van der Waals surface area contributed by atoms with Crippen molar-refractivity contribution < 1.29 is 27.6 Å². The van der Waals surface area contributed by atoms with E-state index in [1.54, 1.807) is 0 Å². The van der Waals surface area contributed by atoms with Crippen molar-refractivity contribution in [1.82, 2.24) is 10.1 Å². The molecule has 0 unspecified atom stereocenters. The van der Waals surface area contributed by atoms with Crippen LogP contribution in [0.15, 0.2) is 28.8 Å². The zero-order valence-electron chi connectivity index (χ0n) is 12.7. The van der Waals surface area contributed by atoms with Gasteiger partial charge in [-0.3, -0.25) is 0 Å². The third-order valence-electron chi connectivity index (χ3n) is 2.75. The van der Waals surface area contributed by atoms with Crippen LogP contribution in [-0.2, 0) is 17.8 Å². The molecule has 0 saturated carbocycles. The number of nitrogens with zero attached hydrogens (tertiary/aromatic N) is 2. The van der Waals surface area contributed by atoms with E-state index in [0.29, 0.717) is 18.2 Å². The van der Waals surface area contributed by atoms with Gasteiger partial charge in [0.05, 0.1) is 0 Å². The lowest BCUT2D eigenvalue weighted by molar-refractivity contribution is -0.0505. The summed E-state index contributed by atoms with van der Waals surface area (Å²) in [5, 5.41) is 3.76. The molecule has 0 bridgehead atoms. The van der Waals surface area contributed by atoms with Crippen molar-refractivity contribution in [2.45, 2.75) is 33.5 Å². The molecule has 0 aliphatic carbocycles. The van der Waals surface area contributed by atoms with Crippen LogP contribution in [0.5, 0.6) is 5.75 Å². The highest BCUT2D eigenvalue weighted by Crippen LogP contribution is 2.21. The molecule has 0 amide bonds. The van der Waals surface area contributed by atoms with E-state index in [-0.39, 0.29) is 23.8 Å². The lowest BCUT2D eigenvalue weighted by atomic mass is 10.1. The van der Waals surface area contributed by atoms with E-state index in [1.807, 2.05) is 13.8 Å². The summed E-state index contributed by atoms with van der Waals surface area (Å²) >= 11 is 0. The number of alkyl halides is 2. The second-order valence-electron chi connectivity index (χ2n) is 5.15. The fraction of sp³-hybridized carbons (Fsp3) is 0.400. The van der Waals surface area contributed by atoms with Gasteiger partial charge < -0.3 is 14.0 Å². The molecule has 2 aromatic rings. The van der Waals surface area contributed by atoms with E-state index in [1.165, 1.54) is 24.3 Å². The average Bonchev–Trinajstić information content (AvgIpc) is 2.91. The SMILES string of the molecule is CC(C)Cc1noc(COC(=O)c2ccccc2OC(F)F)n1. The number of aromatic nitrogens is 2. The van der Waals surface area contributed by atoms with Gasteiger partial charge in [-0.05, 0) is 18.1 Å². The molecule has 1 aromatic carbocycles. The molecular formula is C15H16F2N2O4. The molecule has 1 heterocycles.